The highest BCUT2D eigenvalue weighted by atomic mass is 35.5. The van der Waals surface area contributed by atoms with Crippen LogP contribution in [0.25, 0.3) is 11.3 Å². The summed E-state index contributed by atoms with van der Waals surface area (Å²) in [6.45, 7) is 0. The first-order valence-electron chi connectivity index (χ1n) is 9.61. The Morgan fingerprint density at radius 3 is 2.24 bits per heavy atom. The van der Waals surface area contributed by atoms with Gasteiger partial charge in [0.05, 0.1) is 16.4 Å². The Hall–Kier alpha value is -3.30. The minimum Gasteiger partial charge on any atom is -0.459 e. The van der Waals surface area contributed by atoms with Crippen molar-refractivity contribution in [3.05, 3.63) is 113 Å². The van der Waals surface area contributed by atoms with E-state index in [9.17, 15) is 0 Å². The first kappa shape index (κ1) is 17.8. The van der Waals surface area contributed by atoms with Crippen LogP contribution in [0.1, 0.15) is 23.8 Å². The van der Waals surface area contributed by atoms with Gasteiger partial charge >= 0.3 is 0 Å². The maximum atomic E-state index is 6.36. The van der Waals surface area contributed by atoms with Crippen LogP contribution in [0.4, 0.5) is 5.69 Å². The lowest BCUT2D eigenvalue weighted by Crippen LogP contribution is -2.17. The molecule has 0 unspecified atom stereocenters. The Morgan fingerprint density at radius 2 is 1.48 bits per heavy atom. The molecule has 3 aromatic carbocycles. The molecule has 0 amide bonds. The van der Waals surface area contributed by atoms with Gasteiger partial charge in [-0.3, -0.25) is 5.01 Å². The molecule has 5 rings (SSSR count). The third-order valence-corrected chi connectivity index (χ3v) is 5.46. The number of hydrazone groups is 1. The molecule has 0 aliphatic carbocycles. The summed E-state index contributed by atoms with van der Waals surface area (Å²) in [4.78, 5) is 0. The summed E-state index contributed by atoms with van der Waals surface area (Å²) in [5.41, 5.74) is 4.12. The molecule has 0 saturated heterocycles. The molecule has 0 N–H and O–H groups in total. The second kappa shape index (κ2) is 7.61. The van der Waals surface area contributed by atoms with Crippen LogP contribution in [-0.4, -0.2) is 5.71 Å². The Kier molecular flexibility index (Phi) is 4.66. The summed E-state index contributed by atoms with van der Waals surface area (Å²) in [6, 6.07) is 32.3. The molecule has 0 spiro atoms. The fourth-order valence-electron chi connectivity index (χ4n) is 3.69. The van der Waals surface area contributed by atoms with Gasteiger partial charge in [-0.25, -0.2) is 0 Å². The molecular weight excluding hydrogens is 380 g/mol. The van der Waals surface area contributed by atoms with Crippen molar-refractivity contribution in [2.75, 3.05) is 5.01 Å². The maximum absolute atomic E-state index is 6.36. The predicted molar refractivity (Wildman–Crippen MR) is 118 cm³/mol. The fraction of sp³-hybridized carbons (Fsp3) is 0.0800. The molecule has 1 atom stereocenters. The van der Waals surface area contributed by atoms with Crippen LogP contribution in [-0.2, 0) is 0 Å². The standard InChI is InChI=1S/C25H19ClN2O/c26-21-14-8-7-13-20(21)24-15-16-25(29-24)23-17-22(18-9-3-1-4-10-18)27-28(23)19-11-5-2-6-12-19/h1-16,23H,17H2/t23-/m0/s1. The van der Waals surface area contributed by atoms with E-state index in [2.05, 4.69) is 29.3 Å². The number of hydrogen-bond donors (Lipinski definition) is 0. The van der Waals surface area contributed by atoms with Crippen LogP contribution in [0.15, 0.2) is 107 Å². The third-order valence-electron chi connectivity index (χ3n) is 5.13. The number of furan rings is 1. The van der Waals surface area contributed by atoms with Gasteiger partial charge in [0.2, 0.25) is 0 Å². The summed E-state index contributed by atoms with van der Waals surface area (Å²) in [7, 11) is 0. The lowest BCUT2D eigenvalue weighted by Gasteiger charge is -2.21. The quantitative estimate of drug-likeness (QED) is 0.372. The van der Waals surface area contributed by atoms with Crippen LogP contribution in [0.3, 0.4) is 0 Å². The highest BCUT2D eigenvalue weighted by molar-refractivity contribution is 6.33. The predicted octanol–water partition coefficient (Wildman–Crippen LogP) is 6.96. The highest BCUT2D eigenvalue weighted by Crippen LogP contribution is 2.39. The normalized spacial score (nSPS) is 16.1. The monoisotopic (exact) mass is 398 g/mol. The molecule has 142 valence electrons. The van der Waals surface area contributed by atoms with Crippen LogP contribution in [0.2, 0.25) is 5.02 Å². The van der Waals surface area contributed by atoms with Crippen molar-refractivity contribution < 1.29 is 4.42 Å². The van der Waals surface area contributed by atoms with Crippen molar-refractivity contribution >= 4 is 23.0 Å². The van der Waals surface area contributed by atoms with Gasteiger partial charge in [0.1, 0.15) is 17.6 Å². The van der Waals surface area contributed by atoms with Crippen molar-refractivity contribution in [1.82, 2.24) is 0 Å². The second-order valence-corrected chi connectivity index (χ2v) is 7.40. The van der Waals surface area contributed by atoms with Crippen LogP contribution in [0, 0.1) is 0 Å². The molecule has 2 heterocycles. The van der Waals surface area contributed by atoms with Crippen LogP contribution in [0.5, 0.6) is 0 Å². The van der Waals surface area contributed by atoms with Crippen LogP contribution >= 0.6 is 11.6 Å². The molecule has 4 aromatic rings. The number of rotatable bonds is 4. The van der Waals surface area contributed by atoms with E-state index in [0.29, 0.717) is 5.02 Å². The molecule has 1 aliphatic heterocycles. The summed E-state index contributed by atoms with van der Waals surface area (Å²) in [5.74, 6) is 1.64. The number of nitrogens with zero attached hydrogens (tertiary/aromatic N) is 2. The Morgan fingerprint density at radius 1 is 0.793 bits per heavy atom. The zero-order valence-electron chi connectivity index (χ0n) is 15.7. The molecule has 0 bridgehead atoms. The van der Waals surface area contributed by atoms with Gasteiger partial charge in [0.15, 0.2) is 0 Å². The molecule has 0 fully saturated rings. The van der Waals surface area contributed by atoms with E-state index in [1.54, 1.807) is 0 Å². The van der Waals surface area contributed by atoms with Gasteiger partial charge < -0.3 is 4.42 Å². The largest absolute Gasteiger partial charge is 0.459 e. The molecule has 0 radical (unpaired) electrons. The fourth-order valence-corrected chi connectivity index (χ4v) is 3.92. The average Bonchev–Trinajstić information content (AvgIpc) is 3.43. The first-order valence-corrected chi connectivity index (χ1v) is 9.99. The van der Waals surface area contributed by atoms with Crippen molar-refractivity contribution in [3.63, 3.8) is 0 Å². The molecule has 3 nitrogen and oxygen atoms in total. The second-order valence-electron chi connectivity index (χ2n) is 6.99. The summed E-state index contributed by atoms with van der Waals surface area (Å²) in [6.07, 6.45) is 0.772. The molecular formula is C25H19ClN2O. The zero-order valence-corrected chi connectivity index (χ0v) is 16.5. The number of para-hydroxylation sites is 1. The minimum absolute atomic E-state index is 0.0103. The maximum Gasteiger partial charge on any atom is 0.135 e. The Bertz CT molecular complexity index is 1150. The van der Waals surface area contributed by atoms with Crippen molar-refractivity contribution in [2.24, 2.45) is 5.10 Å². The third kappa shape index (κ3) is 3.45. The van der Waals surface area contributed by atoms with Crippen molar-refractivity contribution in [3.8, 4) is 11.3 Å². The first-order chi connectivity index (χ1) is 14.3. The number of hydrogen-bond acceptors (Lipinski definition) is 3. The zero-order chi connectivity index (χ0) is 19.6. The molecule has 0 saturated carbocycles. The number of anilines is 1. The van der Waals surface area contributed by atoms with Crippen molar-refractivity contribution in [1.29, 1.82) is 0 Å². The van der Waals surface area contributed by atoms with Crippen molar-refractivity contribution in [2.45, 2.75) is 12.5 Å². The lowest BCUT2D eigenvalue weighted by atomic mass is 10.0. The van der Waals surface area contributed by atoms with Gasteiger partial charge in [0, 0.05) is 12.0 Å². The number of benzene rings is 3. The number of halogens is 1. The van der Waals surface area contributed by atoms with Gasteiger partial charge in [-0.15, -0.1) is 0 Å². The summed E-state index contributed by atoms with van der Waals surface area (Å²) in [5, 5.41) is 7.68. The van der Waals surface area contributed by atoms with E-state index in [-0.39, 0.29) is 6.04 Å². The summed E-state index contributed by atoms with van der Waals surface area (Å²) >= 11 is 6.36. The van der Waals surface area contributed by atoms with Gasteiger partial charge in [-0.1, -0.05) is 72.3 Å². The van der Waals surface area contributed by atoms with E-state index in [1.807, 2.05) is 72.8 Å². The molecule has 4 heteroatoms. The average molecular weight is 399 g/mol. The van der Waals surface area contributed by atoms with Crippen LogP contribution < -0.4 is 5.01 Å². The Balaban J connectivity index is 1.53. The molecule has 29 heavy (non-hydrogen) atoms. The van der Waals surface area contributed by atoms with E-state index in [0.717, 1.165) is 40.5 Å². The van der Waals surface area contributed by atoms with E-state index < -0.39 is 0 Å². The van der Waals surface area contributed by atoms with E-state index in [4.69, 9.17) is 21.1 Å². The van der Waals surface area contributed by atoms with Gasteiger partial charge in [-0.2, -0.15) is 5.10 Å². The van der Waals surface area contributed by atoms with Gasteiger partial charge in [-0.05, 0) is 42.0 Å². The molecule has 1 aromatic heterocycles. The lowest BCUT2D eigenvalue weighted by molar-refractivity contribution is 0.475. The highest BCUT2D eigenvalue weighted by Gasteiger charge is 2.32. The minimum atomic E-state index is -0.0103. The summed E-state index contributed by atoms with van der Waals surface area (Å²) < 4.78 is 6.27. The van der Waals surface area contributed by atoms with E-state index >= 15 is 0 Å². The molecule has 1 aliphatic rings. The smallest absolute Gasteiger partial charge is 0.135 e. The Labute approximate surface area is 174 Å². The van der Waals surface area contributed by atoms with Gasteiger partial charge in [0.25, 0.3) is 0 Å². The topological polar surface area (TPSA) is 28.7 Å². The van der Waals surface area contributed by atoms with E-state index in [1.165, 1.54) is 0 Å². The SMILES string of the molecule is Clc1ccccc1-c1ccc([C@@H]2CC(c3ccccc3)=NN2c2ccccc2)o1.